The van der Waals surface area contributed by atoms with Gasteiger partial charge in [0.1, 0.15) is 12.2 Å². The number of hydrogen-bond donors (Lipinski definition) is 2. The van der Waals surface area contributed by atoms with Crippen LogP contribution in [-0.4, -0.2) is 54.4 Å². The van der Waals surface area contributed by atoms with Crippen molar-refractivity contribution in [1.29, 1.82) is 0 Å². The summed E-state index contributed by atoms with van der Waals surface area (Å²) in [5, 5.41) is 14.7. The van der Waals surface area contributed by atoms with Crippen LogP contribution in [0.1, 0.15) is 12.5 Å². The molecule has 33 heavy (non-hydrogen) atoms. The van der Waals surface area contributed by atoms with Gasteiger partial charge in [0.2, 0.25) is 11.7 Å². The lowest BCUT2D eigenvalue weighted by atomic mass is 10.1. The number of carbonyl (C=O) groups is 2. The van der Waals surface area contributed by atoms with E-state index in [1.165, 1.54) is 39.1 Å². The Bertz CT molecular complexity index is 1150. The van der Waals surface area contributed by atoms with Crippen LogP contribution in [0, 0.1) is 0 Å². The summed E-state index contributed by atoms with van der Waals surface area (Å²) in [5.41, 5.74) is 5.06. The fourth-order valence-corrected chi connectivity index (χ4v) is 3.00. The van der Waals surface area contributed by atoms with Crippen molar-refractivity contribution < 1.29 is 23.8 Å². The number of benzene rings is 2. The van der Waals surface area contributed by atoms with Gasteiger partial charge in [0.05, 0.1) is 33.7 Å². The molecule has 0 aliphatic rings. The van der Waals surface area contributed by atoms with Crippen LogP contribution in [0.5, 0.6) is 17.2 Å². The number of amides is 2. The fraction of sp³-hybridized carbons (Fsp3) is 0.227. The molecule has 0 radical (unpaired) electrons. The maximum atomic E-state index is 12.2. The molecule has 0 fully saturated rings. The first-order valence-corrected chi connectivity index (χ1v) is 9.83. The molecule has 2 amide bonds. The normalized spacial score (nSPS) is 10.7. The predicted molar refractivity (Wildman–Crippen MR) is 122 cm³/mol. The number of methoxy groups -OCH3 is 3. The standard InChI is InChI=1S/C22H24N6O5/c1-14(29)24-17-7-5-6-16(10-17)18-12-28(27-25-18)13-21(30)26-23-11-15-8-19(31-2)22(33-4)20(9-15)32-3/h5-12H,13H2,1-4H3,(H,24,29)(H,26,30). The number of hydrogen-bond acceptors (Lipinski definition) is 8. The second-order valence-corrected chi connectivity index (χ2v) is 6.82. The quantitative estimate of drug-likeness (QED) is 0.376. The van der Waals surface area contributed by atoms with Crippen molar-refractivity contribution in [2.75, 3.05) is 26.6 Å². The first kappa shape index (κ1) is 23.3. The number of anilines is 1. The Hall–Kier alpha value is -4.41. The minimum Gasteiger partial charge on any atom is -0.493 e. The van der Waals surface area contributed by atoms with Gasteiger partial charge >= 0.3 is 0 Å². The molecule has 0 spiro atoms. The van der Waals surface area contributed by atoms with E-state index in [4.69, 9.17) is 14.2 Å². The Morgan fingerprint density at radius 1 is 1.09 bits per heavy atom. The maximum absolute atomic E-state index is 12.2. The van der Waals surface area contributed by atoms with Gasteiger partial charge < -0.3 is 19.5 Å². The first-order valence-electron chi connectivity index (χ1n) is 9.83. The molecule has 11 heteroatoms. The van der Waals surface area contributed by atoms with Gasteiger partial charge in [-0.1, -0.05) is 17.3 Å². The zero-order chi connectivity index (χ0) is 23.8. The van der Waals surface area contributed by atoms with Gasteiger partial charge in [-0.25, -0.2) is 10.1 Å². The van der Waals surface area contributed by atoms with E-state index < -0.39 is 0 Å². The van der Waals surface area contributed by atoms with E-state index in [0.717, 1.165) is 5.56 Å². The second kappa shape index (κ2) is 10.8. The summed E-state index contributed by atoms with van der Waals surface area (Å²) in [6.45, 7) is 1.36. The van der Waals surface area contributed by atoms with E-state index >= 15 is 0 Å². The van der Waals surface area contributed by atoms with Crippen molar-refractivity contribution in [3.05, 3.63) is 48.2 Å². The van der Waals surface area contributed by atoms with Crippen molar-refractivity contribution in [3.63, 3.8) is 0 Å². The molecule has 0 saturated carbocycles. The summed E-state index contributed by atoms with van der Waals surface area (Å²) >= 11 is 0. The minimum absolute atomic E-state index is 0.0784. The average molecular weight is 452 g/mol. The van der Waals surface area contributed by atoms with Crippen LogP contribution in [0.2, 0.25) is 0 Å². The largest absolute Gasteiger partial charge is 0.493 e. The highest BCUT2D eigenvalue weighted by atomic mass is 16.5. The smallest absolute Gasteiger partial charge is 0.261 e. The van der Waals surface area contributed by atoms with Gasteiger partial charge in [-0.3, -0.25) is 9.59 Å². The minimum atomic E-state index is -0.387. The van der Waals surface area contributed by atoms with Crippen molar-refractivity contribution in [2.24, 2.45) is 5.10 Å². The summed E-state index contributed by atoms with van der Waals surface area (Å²) in [6.07, 6.45) is 3.10. The summed E-state index contributed by atoms with van der Waals surface area (Å²) in [4.78, 5) is 23.5. The molecule has 11 nitrogen and oxygen atoms in total. The van der Waals surface area contributed by atoms with Crippen LogP contribution in [0.25, 0.3) is 11.3 Å². The summed E-state index contributed by atoms with van der Waals surface area (Å²) in [6, 6.07) is 10.6. The molecule has 0 saturated heterocycles. The number of carbonyl (C=O) groups excluding carboxylic acids is 2. The van der Waals surface area contributed by atoms with Crippen LogP contribution >= 0.6 is 0 Å². The molecule has 1 heterocycles. The third-order valence-electron chi connectivity index (χ3n) is 4.41. The van der Waals surface area contributed by atoms with E-state index in [-0.39, 0.29) is 18.4 Å². The van der Waals surface area contributed by atoms with E-state index in [9.17, 15) is 9.59 Å². The first-order chi connectivity index (χ1) is 15.9. The molecule has 3 aromatic rings. The lowest BCUT2D eigenvalue weighted by Gasteiger charge is -2.12. The van der Waals surface area contributed by atoms with Crippen molar-refractivity contribution in [2.45, 2.75) is 13.5 Å². The van der Waals surface area contributed by atoms with Gasteiger partial charge in [-0.15, -0.1) is 5.10 Å². The monoisotopic (exact) mass is 452 g/mol. The van der Waals surface area contributed by atoms with Crippen molar-refractivity contribution in [1.82, 2.24) is 20.4 Å². The Labute approximate surface area is 190 Å². The molecule has 2 aromatic carbocycles. The zero-order valence-corrected chi connectivity index (χ0v) is 18.7. The van der Waals surface area contributed by atoms with Crippen molar-refractivity contribution >= 4 is 23.7 Å². The lowest BCUT2D eigenvalue weighted by Crippen LogP contribution is -2.23. The molecular formula is C22H24N6O5. The fourth-order valence-electron chi connectivity index (χ4n) is 3.00. The Morgan fingerprint density at radius 3 is 2.45 bits per heavy atom. The number of nitrogens with one attached hydrogen (secondary N) is 2. The number of rotatable bonds is 9. The molecule has 0 aliphatic heterocycles. The lowest BCUT2D eigenvalue weighted by molar-refractivity contribution is -0.121. The molecule has 0 bridgehead atoms. The Kier molecular flexibility index (Phi) is 7.58. The molecule has 1 aromatic heterocycles. The topological polar surface area (TPSA) is 129 Å². The number of aromatic nitrogens is 3. The summed E-state index contributed by atoms with van der Waals surface area (Å²) < 4.78 is 17.3. The third kappa shape index (κ3) is 6.06. The van der Waals surface area contributed by atoms with Crippen LogP contribution in [0.4, 0.5) is 5.69 Å². The SMILES string of the molecule is COc1cc(C=NNC(=O)Cn2cc(-c3cccc(NC(C)=O)c3)nn2)cc(OC)c1OC. The second-order valence-electron chi connectivity index (χ2n) is 6.82. The average Bonchev–Trinajstić information content (AvgIpc) is 3.26. The Morgan fingerprint density at radius 2 is 1.82 bits per heavy atom. The molecule has 0 unspecified atom stereocenters. The molecule has 0 atom stereocenters. The molecule has 3 rings (SSSR count). The van der Waals surface area contributed by atoms with Crippen LogP contribution in [-0.2, 0) is 16.1 Å². The summed E-state index contributed by atoms with van der Waals surface area (Å²) in [7, 11) is 4.55. The van der Waals surface area contributed by atoms with Crippen LogP contribution in [0.3, 0.4) is 0 Å². The molecule has 0 aliphatic carbocycles. The summed E-state index contributed by atoms with van der Waals surface area (Å²) in [5.74, 6) is 0.858. The van der Waals surface area contributed by atoms with E-state index in [1.807, 2.05) is 6.07 Å². The van der Waals surface area contributed by atoms with Crippen LogP contribution < -0.4 is 25.0 Å². The van der Waals surface area contributed by atoms with Crippen LogP contribution in [0.15, 0.2) is 47.7 Å². The number of nitrogens with zero attached hydrogens (tertiary/aromatic N) is 4. The Balaban J connectivity index is 1.63. The highest BCUT2D eigenvalue weighted by molar-refractivity contribution is 5.89. The molecule has 172 valence electrons. The number of ether oxygens (including phenoxy) is 3. The molecule has 2 N–H and O–H groups in total. The van der Waals surface area contributed by atoms with Gasteiger partial charge in [0, 0.05) is 23.7 Å². The third-order valence-corrected chi connectivity index (χ3v) is 4.41. The van der Waals surface area contributed by atoms with Gasteiger partial charge in [0.15, 0.2) is 11.5 Å². The van der Waals surface area contributed by atoms with E-state index in [2.05, 4.69) is 26.2 Å². The van der Waals surface area contributed by atoms with E-state index in [1.54, 1.807) is 36.5 Å². The zero-order valence-electron chi connectivity index (χ0n) is 18.7. The maximum Gasteiger partial charge on any atom is 0.261 e. The van der Waals surface area contributed by atoms with E-state index in [0.29, 0.717) is 34.2 Å². The van der Waals surface area contributed by atoms with Gasteiger partial charge in [-0.2, -0.15) is 5.10 Å². The predicted octanol–water partition coefficient (Wildman–Crippen LogP) is 2.08. The highest BCUT2D eigenvalue weighted by Gasteiger charge is 2.12. The number of hydrazone groups is 1. The van der Waals surface area contributed by atoms with Gasteiger partial charge in [0.25, 0.3) is 5.91 Å². The van der Waals surface area contributed by atoms with Crippen molar-refractivity contribution in [3.8, 4) is 28.5 Å². The highest BCUT2D eigenvalue weighted by Crippen LogP contribution is 2.37. The molecular weight excluding hydrogens is 428 g/mol. The van der Waals surface area contributed by atoms with Gasteiger partial charge in [-0.05, 0) is 24.3 Å².